The summed E-state index contributed by atoms with van der Waals surface area (Å²) in [6.07, 6.45) is -0.131. The first-order chi connectivity index (χ1) is 16.5. The molecule has 0 atom stereocenters. The van der Waals surface area contributed by atoms with Gasteiger partial charge in [-0.25, -0.2) is 14.6 Å². The normalized spacial score (nSPS) is 16.4. The van der Waals surface area contributed by atoms with Crippen LogP contribution in [-0.4, -0.2) is 96.7 Å². The van der Waals surface area contributed by atoms with E-state index in [4.69, 9.17) is 4.74 Å². The number of thiazole rings is 1. The number of ether oxygens (including phenoxy) is 1. The van der Waals surface area contributed by atoms with Gasteiger partial charge in [-0.2, -0.15) is 0 Å². The van der Waals surface area contributed by atoms with Crippen LogP contribution in [0, 0.1) is 0 Å². The molecule has 0 bridgehead atoms. The number of carbonyl (C=O) groups is 3. The Morgan fingerprint density at radius 2 is 1.59 bits per heavy atom. The number of benzene rings is 1. The molecule has 0 unspecified atom stereocenters. The van der Waals surface area contributed by atoms with Crippen LogP contribution in [0.25, 0.3) is 0 Å². The minimum absolute atomic E-state index is 0.0472. The second-order valence-electron chi connectivity index (χ2n) is 8.13. The van der Waals surface area contributed by atoms with Crippen LogP contribution in [0.2, 0.25) is 0 Å². The second-order valence-corrected chi connectivity index (χ2v) is 8.99. The Kier molecular flexibility index (Phi) is 7.84. The highest BCUT2D eigenvalue weighted by Gasteiger charge is 2.26. The number of piperazine rings is 2. The van der Waals surface area contributed by atoms with Crippen molar-refractivity contribution in [2.45, 2.75) is 13.3 Å². The molecule has 0 aliphatic carbocycles. The van der Waals surface area contributed by atoms with E-state index in [2.05, 4.69) is 27.3 Å². The van der Waals surface area contributed by atoms with E-state index in [1.54, 1.807) is 16.7 Å². The molecule has 0 radical (unpaired) electrons. The van der Waals surface area contributed by atoms with Gasteiger partial charge in [0, 0.05) is 63.4 Å². The highest BCUT2D eigenvalue weighted by Crippen LogP contribution is 2.19. The maximum atomic E-state index is 12.8. The Morgan fingerprint density at radius 3 is 2.26 bits per heavy atom. The zero-order chi connectivity index (χ0) is 23.9. The maximum absolute atomic E-state index is 12.8. The van der Waals surface area contributed by atoms with Crippen LogP contribution in [0.15, 0.2) is 35.7 Å². The molecular weight excluding hydrogens is 456 g/mol. The molecule has 34 heavy (non-hydrogen) atoms. The number of urea groups is 1. The predicted octanol–water partition coefficient (Wildman–Crippen LogP) is 2.34. The number of amides is 4. The van der Waals surface area contributed by atoms with Gasteiger partial charge in [-0.3, -0.25) is 10.1 Å². The number of aromatic nitrogens is 1. The lowest BCUT2D eigenvalue weighted by atomic mass is 10.2. The van der Waals surface area contributed by atoms with Crippen LogP contribution in [0.3, 0.4) is 0 Å². The van der Waals surface area contributed by atoms with E-state index in [0.29, 0.717) is 56.7 Å². The summed E-state index contributed by atoms with van der Waals surface area (Å²) in [6.45, 7) is 6.78. The van der Waals surface area contributed by atoms with Gasteiger partial charge in [0.2, 0.25) is 5.91 Å². The largest absolute Gasteiger partial charge is 0.450 e. The minimum atomic E-state index is -0.349. The van der Waals surface area contributed by atoms with Crippen molar-refractivity contribution in [3.8, 4) is 0 Å². The fraction of sp³-hybridized carbons (Fsp3) is 0.478. The lowest BCUT2D eigenvalue weighted by Crippen LogP contribution is -2.51. The van der Waals surface area contributed by atoms with Gasteiger partial charge in [0.25, 0.3) is 0 Å². The fourth-order valence-corrected chi connectivity index (χ4v) is 4.74. The zero-order valence-electron chi connectivity index (χ0n) is 19.3. The third kappa shape index (κ3) is 5.96. The summed E-state index contributed by atoms with van der Waals surface area (Å²) >= 11 is 1.31. The second kappa shape index (κ2) is 11.2. The smallest absolute Gasteiger partial charge is 0.409 e. The third-order valence-electron chi connectivity index (χ3n) is 5.94. The van der Waals surface area contributed by atoms with Crippen molar-refractivity contribution in [2.75, 3.05) is 69.2 Å². The molecule has 2 fully saturated rings. The third-order valence-corrected chi connectivity index (χ3v) is 6.75. The van der Waals surface area contributed by atoms with Crippen molar-refractivity contribution in [3.63, 3.8) is 0 Å². The lowest BCUT2D eigenvalue weighted by molar-refractivity contribution is -0.130. The average molecular weight is 487 g/mol. The molecule has 0 spiro atoms. The SMILES string of the molecule is CCOC(=O)N1CCN(C(=O)Nc2nc(CC(=O)N3CCN(c4ccccc4)CC3)cs2)CC1. The van der Waals surface area contributed by atoms with Gasteiger partial charge in [-0.1, -0.05) is 18.2 Å². The quantitative estimate of drug-likeness (QED) is 0.697. The van der Waals surface area contributed by atoms with Gasteiger partial charge in [0.15, 0.2) is 5.13 Å². The van der Waals surface area contributed by atoms with Crippen molar-refractivity contribution in [1.82, 2.24) is 19.7 Å². The Hall–Kier alpha value is -3.34. The van der Waals surface area contributed by atoms with Gasteiger partial charge in [-0.05, 0) is 19.1 Å². The number of carbonyl (C=O) groups excluding carboxylic acids is 3. The van der Waals surface area contributed by atoms with E-state index < -0.39 is 0 Å². The molecule has 3 heterocycles. The number of nitrogens with zero attached hydrogens (tertiary/aromatic N) is 5. The van der Waals surface area contributed by atoms with E-state index in [1.165, 1.54) is 17.0 Å². The van der Waals surface area contributed by atoms with E-state index in [0.717, 1.165) is 13.1 Å². The number of para-hydroxylation sites is 1. The topological polar surface area (TPSA) is 98.3 Å². The lowest BCUT2D eigenvalue weighted by Gasteiger charge is -2.36. The highest BCUT2D eigenvalue weighted by molar-refractivity contribution is 7.13. The van der Waals surface area contributed by atoms with Crippen molar-refractivity contribution in [2.24, 2.45) is 0 Å². The number of rotatable bonds is 5. The summed E-state index contributed by atoms with van der Waals surface area (Å²) in [7, 11) is 0. The van der Waals surface area contributed by atoms with Crippen LogP contribution in [0.5, 0.6) is 0 Å². The number of nitrogens with one attached hydrogen (secondary N) is 1. The molecule has 2 aliphatic heterocycles. The summed E-state index contributed by atoms with van der Waals surface area (Å²) in [5.41, 5.74) is 1.83. The molecule has 10 nitrogen and oxygen atoms in total. The standard InChI is InChI=1S/C23H30N6O4S/c1-2-33-23(32)29-14-12-28(13-15-29)22(31)25-21-24-18(17-34-21)16-20(30)27-10-8-26(9-11-27)19-6-4-3-5-7-19/h3-7,17H,2,8-16H2,1H3,(H,24,25,31). The number of anilines is 2. The Morgan fingerprint density at radius 1 is 0.941 bits per heavy atom. The van der Waals surface area contributed by atoms with Crippen LogP contribution in [-0.2, 0) is 16.0 Å². The Labute approximate surface area is 203 Å². The van der Waals surface area contributed by atoms with Crippen molar-refractivity contribution in [3.05, 3.63) is 41.4 Å². The van der Waals surface area contributed by atoms with Gasteiger partial charge in [0.05, 0.1) is 18.7 Å². The van der Waals surface area contributed by atoms with E-state index in [-0.39, 0.29) is 24.5 Å². The molecular formula is C23H30N6O4S. The van der Waals surface area contributed by atoms with Crippen LogP contribution >= 0.6 is 11.3 Å². The Bertz CT molecular complexity index is 984. The molecule has 11 heteroatoms. The monoisotopic (exact) mass is 486 g/mol. The summed E-state index contributed by atoms with van der Waals surface area (Å²) in [4.78, 5) is 48.9. The first-order valence-electron chi connectivity index (χ1n) is 11.5. The van der Waals surface area contributed by atoms with Gasteiger partial charge < -0.3 is 24.3 Å². The van der Waals surface area contributed by atoms with Gasteiger partial charge in [0.1, 0.15) is 0 Å². The molecule has 1 aromatic heterocycles. The summed E-state index contributed by atoms with van der Waals surface area (Å²) < 4.78 is 5.00. The summed E-state index contributed by atoms with van der Waals surface area (Å²) in [6, 6.07) is 9.96. The minimum Gasteiger partial charge on any atom is -0.450 e. The molecule has 0 saturated carbocycles. The van der Waals surface area contributed by atoms with E-state index >= 15 is 0 Å². The summed E-state index contributed by atoms with van der Waals surface area (Å²) in [5.74, 6) is 0.0472. The van der Waals surface area contributed by atoms with Gasteiger partial charge in [-0.15, -0.1) is 11.3 Å². The molecule has 1 aromatic carbocycles. The number of hydrogen-bond donors (Lipinski definition) is 1. The van der Waals surface area contributed by atoms with Gasteiger partial charge >= 0.3 is 12.1 Å². The fourth-order valence-electron chi connectivity index (χ4n) is 4.04. The zero-order valence-corrected chi connectivity index (χ0v) is 20.1. The van der Waals surface area contributed by atoms with Crippen LogP contribution in [0.1, 0.15) is 12.6 Å². The highest BCUT2D eigenvalue weighted by atomic mass is 32.1. The molecule has 1 N–H and O–H groups in total. The van der Waals surface area contributed by atoms with Crippen LogP contribution < -0.4 is 10.2 Å². The maximum Gasteiger partial charge on any atom is 0.409 e. The van der Waals surface area contributed by atoms with Crippen molar-refractivity contribution >= 4 is 40.2 Å². The van der Waals surface area contributed by atoms with Crippen LogP contribution in [0.4, 0.5) is 20.4 Å². The molecule has 4 amide bonds. The Balaban J connectivity index is 1.21. The predicted molar refractivity (Wildman–Crippen MR) is 130 cm³/mol. The summed E-state index contributed by atoms with van der Waals surface area (Å²) in [5, 5.41) is 5.09. The first kappa shape index (κ1) is 23.8. The average Bonchev–Trinajstić information content (AvgIpc) is 3.31. The first-order valence-corrected chi connectivity index (χ1v) is 12.4. The molecule has 182 valence electrons. The van der Waals surface area contributed by atoms with E-state index in [1.807, 2.05) is 28.5 Å². The molecule has 4 rings (SSSR count). The van der Waals surface area contributed by atoms with Crippen molar-refractivity contribution in [1.29, 1.82) is 0 Å². The molecule has 2 saturated heterocycles. The van der Waals surface area contributed by atoms with E-state index in [9.17, 15) is 14.4 Å². The van der Waals surface area contributed by atoms with Crippen molar-refractivity contribution < 1.29 is 19.1 Å². The molecule has 2 aromatic rings. The number of hydrogen-bond acceptors (Lipinski definition) is 7. The molecule has 2 aliphatic rings.